The minimum Gasteiger partial charge on any atom is -0.391 e. The van der Waals surface area contributed by atoms with Gasteiger partial charge in [0.1, 0.15) is 5.15 Å². The van der Waals surface area contributed by atoms with Crippen molar-refractivity contribution in [2.75, 3.05) is 0 Å². The monoisotopic (exact) mass is 301 g/mol. The van der Waals surface area contributed by atoms with Gasteiger partial charge >= 0.3 is 0 Å². The maximum absolute atomic E-state index is 9.07. The van der Waals surface area contributed by atoms with E-state index in [1.165, 1.54) is 23.1 Å². The van der Waals surface area contributed by atoms with Crippen LogP contribution in [0.4, 0.5) is 0 Å². The van der Waals surface area contributed by atoms with Gasteiger partial charge in [-0.05, 0) is 38.1 Å². The molecule has 0 radical (unpaired) electrons. The largest absolute Gasteiger partial charge is 0.391 e. The number of hydrogen-bond acceptors (Lipinski definition) is 6. The zero-order valence-corrected chi connectivity index (χ0v) is 12.6. The lowest BCUT2D eigenvalue weighted by Crippen LogP contribution is -1.97. The molecule has 0 aromatic carbocycles. The first-order valence-electron chi connectivity index (χ1n) is 5.27. The lowest BCUT2D eigenvalue weighted by atomic mass is 10.2. The number of aromatic nitrogens is 3. The molecule has 7 heteroatoms. The van der Waals surface area contributed by atoms with Crippen LogP contribution in [0.1, 0.15) is 21.8 Å². The number of aryl methyl sites for hydroxylation is 2. The van der Waals surface area contributed by atoms with Gasteiger partial charge < -0.3 is 5.11 Å². The molecule has 0 amide bonds. The molecule has 0 aliphatic rings. The molecule has 2 aromatic heterocycles. The molecule has 0 unspecified atom stereocenters. The summed E-state index contributed by atoms with van der Waals surface area (Å²) in [5.41, 5.74) is 3.04. The van der Waals surface area contributed by atoms with E-state index in [1.54, 1.807) is 0 Å². The number of halogens is 1. The third-order valence-corrected chi connectivity index (χ3v) is 4.95. The standard InChI is InChI=1S/C11H12ClN3OS2/c1-5-6(2)13-10(14-7(5)3)18-11-15-9(12)8(4-16)17-11/h16H,4H2,1-3H3. The molecule has 0 atom stereocenters. The summed E-state index contributed by atoms with van der Waals surface area (Å²) >= 11 is 8.61. The van der Waals surface area contributed by atoms with Crippen LogP contribution in [-0.4, -0.2) is 20.1 Å². The SMILES string of the molecule is Cc1nc(Sc2nc(Cl)c(CO)s2)nc(C)c1C. The van der Waals surface area contributed by atoms with E-state index in [2.05, 4.69) is 15.0 Å². The van der Waals surface area contributed by atoms with Crippen molar-refractivity contribution in [3.8, 4) is 0 Å². The van der Waals surface area contributed by atoms with Crippen molar-refractivity contribution in [3.63, 3.8) is 0 Å². The van der Waals surface area contributed by atoms with Crippen LogP contribution in [0.3, 0.4) is 0 Å². The minimum atomic E-state index is -0.0934. The normalized spacial score (nSPS) is 10.9. The molecule has 4 nitrogen and oxygen atoms in total. The number of hydrogen-bond donors (Lipinski definition) is 1. The van der Waals surface area contributed by atoms with Crippen LogP contribution in [0.5, 0.6) is 0 Å². The Balaban J connectivity index is 2.28. The van der Waals surface area contributed by atoms with Crippen molar-refractivity contribution in [2.45, 2.75) is 36.9 Å². The molecular weight excluding hydrogens is 290 g/mol. The topological polar surface area (TPSA) is 58.9 Å². The minimum absolute atomic E-state index is 0.0934. The third kappa shape index (κ3) is 2.83. The van der Waals surface area contributed by atoms with Crippen molar-refractivity contribution in [1.82, 2.24) is 15.0 Å². The van der Waals surface area contributed by atoms with E-state index >= 15 is 0 Å². The fourth-order valence-corrected chi connectivity index (χ4v) is 3.57. The zero-order chi connectivity index (χ0) is 13.3. The first-order valence-corrected chi connectivity index (χ1v) is 7.28. The van der Waals surface area contributed by atoms with Gasteiger partial charge in [-0.2, -0.15) is 0 Å². The van der Waals surface area contributed by atoms with Crippen LogP contribution in [0, 0.1) is 20.8 Å². The molecule has 2 rings (SSSR count). The van der Waals surface area contributed by atoms with Crippen LogP contribution in [0.2, 0.25) is 5.15 Å². The molecule has 96 valence electrons. The fraction of sp³-hybridized carbons (Fsp3) is 0.364. The van der Waals surface area contributed by atoms with Gasteiger partial charge in [-0.3, -0.25) is 0 Å². The lowest BCUT2D eigenvalue weighted by molar-refractivity contribution is 0.285. The smallest absolute Gasteiger partial charge is 0.195 e. The van der Waals surface area contributed by atoms with E-state index in [1.807, 2.05) is 20.8 Å². The average molecular weight is 302 g/mol. The summed E-state index contributed by atoms with van der Waals surface area (Å²) < 4.78 is 0.742. The summed E-state index contributed by atoms with van der Waals surface area (Å²) in [6, 6.07) is 0. The summed E-state index contributed by atoms with van der Waals surface area (Å²) in [5.74, 6) is 0. The summed E-state index contributed by atoms with van der Waals surface area (Å²) in [6.45, 7) is 5.83. The summed E-state index contributed by atoms with van der Waals surface area (Å²) in [4.78, 5) is 13.6. The molecule has 18 heavy (non-hydrogen) atoms. The van der Waals surface area contributed by atoms with Crippen LogP contribution in [0.25, 0.3) is 0 Å². The highest BCUT2D eigenvalue weighted by molar-refractivity contribution is 8.00. The second-order valence-electron chi connectivity index (χ2n) is 3.76. The number of rotatable bonds is 3. The van der Waals surface area contributed by atoms with Gasteiger partial charge in [0, 0.05) is 11.4 Å². The van der Waals surface area contributed by atoms with Gasteiger partial charge in [0.2, 0.25) is 0 Å². The average Bonchev–Trinajstić information content (AvgIpc) is 2.66. The Labute approximate surface area is 118 Å². The van der Waals surface area contributed by atoms with Gasteiger partial charge in [-0.1, -0.05) is 11.6 Å². The third-order valence-electron chi connectivity index (χ3n) is 2.56. The number of aliphatic hydroxyl groups is 1. The summed E-state index contributed by atoms with van der Waals surface area (Å²) in [7, 11) is 0. The molecule has 0 spiro atoms. The second kappa shape index (κ2) is 5.52. The zero-order valence-electron chi connectivity index (χ0n) is 10.2. The Hall–Kier alpha value is -0.690. The summed E-state index contributed by atoms with van der Waals surface area (Å²) in [5, 5.41) is 10.1. The molecule has 0 bridgehead atoms. The maximum atomic E-state index is 9.07. The number of nitrogens with zero attached hydrogens (tertiary/aromatic N) is 3. The van der Waals surface area contributed by atoms with E-state index < -0.39 is 0 Å². The van der Waals surface area contributed by atoms with Crippen molar-refractivity contribution in [3.05, 3.63) is 27.0 Å². The van der Waals surface area contributed by atoms with Gasteiger partial charge in [0.15, 0.2) is 9.50 Å². The van der Waals surface area contributed by atoms with Crippen LogP contribution >= 0.6 is 34.7 Å². The molecule has 0 saturated carbocycles. The predicted molar refractivity (Wildman–Crippen MR) is 73.4 cm³/mol. The molecule has 1 N–H and O–H groups in total. The van der Waals surface area contributed by atoms with E-state index in [0.717, 1.165) is 21.3 Å². The molecular formula is C11H12ClN3OS2. The highest BCUT2D eigenvalue weighted by Gasteiger charge is 2.12. The first kappa shape index (κ1) is 13.7. The van der Waals surface area contributed by atoms with Crippen molar-refractivity contribution >= 4 is 34.7 Å². The molecule has 0 aliphatic carbocycles. The molecule has 2 heterocycles. The van der Waals surface area contributed by atoms with E-state index in [0.29, 0.717) is 15.2 Å². The molecule has 2 aromatic rings. The van der Waals surface area contributed by atoms with Gasteiger partial charge in [-0.25, -0.2) is 15.0 Å². The van der Waals surface area contributed by atoms with Crippen molar-refractivity contribution in [1.29, 1.82) is 0 Å². The van der Waals surface area contributed by atoms with Crippen LogP contribution < -0.4 is 0 Å². The van der Waals surface area contributed by atoms with Crippen molar-refractivity contribution < 1.29 is 5.11 Å². The Morgan fingerprint density at radius 1 is 1.17 bits per heavy atom. The molecule has 0 aliphatic heterocycles. The van der Waals surface area contributed by atoms with E-state index in [9.17, 15) is 0 Å². The van der Waals surface area contributed by atoms with Crippen LogP contribution in [0.15, 0.2) is 9.50 Å². The molecule has 0 fully saturated rings. The quantitative estimate of drug-likeness (QED) is 0.883. The highest BCUT2D eigenvalue weighted by atomic mass is 35.5. The maximum Gasteiger partial charge on any atom is 0.195 e. The van der Waals surface area contributed by atoms with E-state index in [4.69, 9.17) is 16.7 Å². The van der Waals surface area contributed by atoms with Crippen molar-refractivity contribution in [2.24, 2.45) is 0 Å². The van der Waals surface area contributed by atoms with Gasteiger partial charge in [0.05, 0.1) is 11.5 Å². The Bertz CT molecular complexity index is 563. The molecule has 0 saturated heterocycles. The number of aliphatic hydroxyl groups excluding tert-OH is 1. The Morgan fingerprint density at radius 3 is 2.28 bits per heavy atom. The van der Waals surface area contributed by atoms with Crippen LogP contribution in [-0.2, 0) is 6.61 Å². The summed E-state index contributed by atoms with van der Waals surface area (Å²) in [6.07, 6.45) is 0. The first-order chi connectivity index (χ1) is 8.51. The highest BCUT2D eigenvalue weighted by Crippen LogP contribution is 2.33. The lowest BCUT2D eigenvalue weighted by Gasteiger charge is -2.04. The van der Waals surface area contributed by atoms with E-state index in [-0.39, 0.29) is 6.61 Å². The van der Waals surface area contributed by atoms with Gasteiger partial charge in [0.25, 0.3) is 0 Å². The Kier molecular flexibility index (Phi) is 4.21. The second-order valence-corrected chi connectivity index (χ2v) is 6.41. The Morgan fingerprint density at radius 2 is 1.78 bits per heavy atom. The fourth-order valence-electron chi connectivity index (χ4n) is 1.32. The number of thiazole rings is 1. The predicted octanol–water partition coefficient (Wildman–Crippen LogP) is 3.16. The van der Waals surface area contributed by atoms with Gasteiger partial charge in [-0.15, -0.1) is 11.3 Å².